The molecule has 24 heavy (non-hydrogen) atoms. The normalized spacial score (nSPS) is 14.1. The highest BCUT2D eigenvalue weighted by Crippen LogP contribution is 2.21. The highest BCUT2D eigenvalue weighted by Gasteiger charge is 2.13. The standard InChI is InChI=1S/C22H27NO/c24-22(12-6-2-5-11-19-9-3-1-4-10-19)20-13-15-21(16-14-20)23-17-7-8-18-23/h1,3-4,9-10,13-16H,2,5-8,11-12,17-18H2. The van der Waals surface area contributed by atoms with Crippen molar-refractivity contribution in [3.8, 4) is 0 Å². The van der Waals surface area contributed by atoms with Crippen molar-refractivity contribution in [1.29, 1.82) is 0 Å². The number of Topliss-reactive ketones (excluding diaryl/α,β-unsaturated/α-hetero) is 1. The number of carbonyl (C=O) groups excluding carboxylic acids is 1. The Hall–Kier alpha value is -2.09. The lowest BCUT2D eigenvalue weighted by atomic mass is 10.0. The largest absolute Gasteiger partial charge is 0.372 e. The summed E-state index contributed by atoms with van der Waals surface area (Å²) in [5.41, 5.74) is 3.51. The number of unbranched alkanes of at least 4 members (excludes halogenated alkanes) is 2. The van der Waals surface area contributed by atoms with Crippen molar-refractivity contribution < 1.29 is 4.79 Å². The summed E-state index contributed by atoms with van der Waals surface area (Å²) in [5.74, 6) is 0.280. The molecule has 1 aliphatic rings. The zero-order chi connectivity index (χ0) is 16.6. The Morgan fingerprint density at radius 3 is 2.25 bits per heavy atom. The van der Waals surface area contributed by atoms with Crippen molar-refractivity contribution in [3.63, 3.8) is 0 Å². The van der Waals surface area contributed by atoms with Crippen LogP contribution in [0.5, 0.6) is 0 Å². The van der Waals surface area contributed by atoms with E-state index in [4.69, 9.17) is 0 Å². The summed E-state index contributed by atoms with van der Waals surface area (Å²) in [7, 11) is 0. The fourth-order valence-electron chi connectivity index (χ4n) is 3.41. The molecular formula is C22H27NO. The first-order valence-corrected chi connectivity index (χ1v) is 9.25. The van der Waals surface area contributed by atoms with Crippen molar-refractivity contribution >= 4 is 11.5 Å². The Bertz CT molecular complexity index is 627. The Kier molecular flexibility index (Phi) is 6.06. The third-order valence-electron chi connectivity index (χ3n) is 4.87. The predicted octanol–water partition coefficient (Wildman–Crippen LogP) is 5.27. The Morgan fingerprint density at radius 1 is 0.833 bits per heavy atom. The monoisotopic (exact) mass is 321 g/mol. The number of carbonyl (C=O) groups is 1. The first-order chi connectivity index (χ1) is 11.8. The summed E-state index contributed by atoms with van der Waals surface area (Å²) >= 11 is 0. The van der Waals surface area contributed by atoms with E-state index >= 15 is 0 Å². The van der Waals surface area contributed by atoms with E-state index in [1.165, 1.54) is 24.1 Å². The van der Waals surface area contributed by atoms with E-state index < -0.39 is 0 Å². The highest BCUT2D eigenvalue weighted by atomic mass is 16.1. The molecule has 0 radical (unpaired) electrons. The third-order valence-corrected chi connectivity index (χ3v) is 4.87. The summed E-state index contributed by atoms with van der Waals surface area (Å²) in [4.78, 5) is 14.7. The lowest BCUT2D eigenvalue weighted by Gasteiger charge is -2.17. The second kappa shape index (κ2) is 8.68. The number of ketones is 1. The van der Waals surface area contributed by atoms with Gasteiger partial charge >= 0.3 is 0 Å². The van der Waals surface area contributed by atoms with Crippen molar-refractivity contribution in [2.45, 2.75) is 44.9 Å². The lowest BCUT2D eigenvalue weighted by molar-refractivity contribution is 0.0979. The van der Waals surface area contributed by atoms with Crippen LogP contribution >= 0.6 is 0 Å². The van der Waals surface area contributed by atoms with Crippen LogP contribution in [0.4, 0.5) is 5.69 Å². The number of hydrogen-bond donors (Lipinski definition) is 0. The maximum atomic E-state index is 12.3. The number of nitrogens with zero attached hydrogens (tertiary/aromatic N) is 1. The zero-order valence-corrected chi connectivity index (χ0v) is 14.4. The van der Waals surface area contributed by atoms with Crippen LogP contribution in [0.1, 0.15) is 54.4 Å². The molecule has 1 fully saturated rings. The first-order valence-electron chi connectivity index (χ1n) is 9.25. The summed E-state index contributed by atoms with van der Waals surface area (Å²) in [6.45, 7) is 2.30. The van der Waals surface area contributed by atoms with Crippen LogP contribution in [0.2, 0.25) is 0 Å². The van der Waals surface area contributed by atoms with Crippen LogP contribution in [0.3, 0.4) is 0 Å². The quantitative estimate of drug-likeness (QED) is 0.487. The van der Waals surface area contributed by atoms with Crippen molar-refractivity contribution in [1.82, 2.24) is 0 Å². The fourth-order valence-corrected chi connectivity index (χ4v) is 3.41. The Balaban J connectivity index is 1.38. The second-order valence-corrected chi connectivity index (χ2v) is 6.71. The van der Waals surface area contributed by atoms with Crippen molar-refractivity contribution in [3.05, 3.63) is 65.7 Å². The van der Waals surface area contributed by atoms with Gasteiger partial charge in [-0.25, -0.2) is 0 Å². The molecule has 1 saturated heterocycles. The molecule has 0 aliphatic carbocycles. The minimum absolute atomic E-state index is 0.280. The van der Waals surface area contributed by atoms with Gasteiger partial charge in [0.1, 0.15) is 0 Å². The maximum Gasteiger partial charge on any atom is 0.162 e. The average Bonchev–Trinajstić information content (AvgIpc) is 3.17. The van der Waals surface area contributed by atoms with E-state index in [-0.39, 0.29) is 5.78 Å². The van der Waals surface area contributed by atoms with Gasteiger partial charge in [-0.05, 0) is 61.9 Å². The minimum atomic E-state index is 0.280. The van der Waals surface area contributed by atoms with Gasteiger partial charge in [0.15, 0.2) is 5.78 Å². The number of benzene rings is 2. The maximum absolute atomic E-state index is 12.3. The highest BCUT2D eigenvalue weighted by molar-refractivity contribution is 5.96. The summed E-state index contributed by atoms with van der Waals surface area (Å²) in [6.07, 6.45) is 7.60. The topological polar surface area (TPSA) is 20.3 Å². The van der Waals surface area contributed by atoms with Crippen LogP contribution in [-0.4, -0.2) is 18.9 Å². The third kappa shape index (κ3) is 4.70. The molecule has 0 amide bonds. The van der Waals surface area contributed by atoms with Crippen LogP contribution in [0.15, 0.2) is 54.6 Å². The molecule has 0 bridgehead atoms. The molecule has 2 aromatic carbocycles. The Morgan fingerprint density at radius 2 is 1.54 bits per heavy atom. The summed E-state index contributed by atoms with van der Waals surface area (Å²) in [5, 5.41) is 0. The van der Waals surface area contributed by atoms with Crippen molar-refractivity contribution in [2.75, 3.05) is 18.0 Å². The SMILES string of the molecule is O=C(CCCCCc1ccccc1)c1ccc(N2CCCC2)cc1. The predicted molar refractivity (Wildman–Crippen MR) is 101 cm³/mol. The molecule has 0 unspecified atom stereocenters. The van der Waals surface area contributed by atoms with E-state index in [0.29, 0.717) is 6.42 Å². The van der Waals surface area contributed by atoms with Gasteiger partial charge in [-0.2, -0.15) is 0 Å². The fraction of sp³-hybridized carbons (Fsp3) is 0.409. The molecular weight excluding hydrogens is 294 g/mol. The molecule has 2 aromatic rings. The van der Waals surface area contributed by atoms with Gasteiger partial charge in [-0.3, -0.25) is 4.79 Å². The molecule has 0 saturated carbocycles. The lowest BCUT2D eigenvalue weighted by Crippen LogP contribution is -2.17. The van der Waals surface area contributed by atoms with E-state index in [1.807, 2.05) is 12.1 Å². The van der Waals surface area contributed by atoms with Crippen LogP contribution in [0, 0.1) is 0 Å². The summed E-state index contributed by atoms with van der Waals surface area (Å²) < 4.78 is 0. The van der Waals surface area contributed by atoms with Gasteiger partial charge in [-0.15, -0.1) is 0 Å². The van der Waals surface area contributed by atoms with E-state index in [9.17, 15) is 4.79 Å². The molecule has 0 N–H and O–H groups in total. The average molecular weight is 321 g/mol. The van der Waals surface area contributed by atoms with Gasteiger partial charge in [0.25, 0.3) is 0 Å². The van der Waals surface area contributed by atoms with Gasteiger partial charge in [0, 0.05) is 30.8 Å². The zero-order valence-electron chi connectivity index (χ0n) is 14.4. The van der Waals surface area contributed by atoms with Gasteiger partial charge in [0.05, 0.1) is 0 Å². The number of hydrogen-bond acceptors (Lipinski definition) is 2. The Labute approximate surface area is 145 Å². The van der Waals surface area contributed by atoms with Gasteiger partial charge < -0.3 is 4.90 Å². The van der Waals surface area contributed by atoms with Crippen molar-refractivity contribution in [2.24, 2.45) is 0 Å². The van der Waals surface area contributed by atoms with Gasteiger partial charge in [0.2, 0.25) is 0 Å². The second-order valence-electron chi connectivity index (χ2n) is 6.71. The molecule has 3 rings (SSSR count). The van der Waals surface area contributed by atoms with Crippen LogP contribution in [0.25, 0.3) is 0 Å². The van der Waals surface area contributed by atoms with Crippen LogP contribution in [-0.2, 0) is 6.42 Å². The smallest absolute Gasteiger partial charge is 0.162 e. The van der Waals surface area contributed by atoms with E-state index in [1.54, 1.807) is 0 Å². The first kappa shape index (κ1) is 16.8. The molecule has 0 spiro atoms. The number of rotatable bonds is 8. The minimum Gasteiger partial charge on any atom is -0.372 e. The van der Waals surface area contributed by atoms with E-state index in [0.717, 1.165) is 44.3 Å². The molecule has 0 atom stereocenters. The molecule has 1 aliphatic heterocycles. The molecule has 1 heterocycles. The van der Waals surface area contributed by atoms with Gasteiger partial charge in [-0.1, -0.05) is 36.8 Å². The van der Waals surface area contributed by atoms with Crippen LogP contribution < -0.4 is 4.90 Å². The number of anilines is 1. The molecule has 126 valence electrons. The number of aryl methyl sites for hydroxylation is 1. The van der Waals surface area contributed by atoms with E-state index in [2.05, 4.69) is 47.4 Å². The summed E-state index contributed by atoms with van der Waals surface area (Å²) in [6, 6.07) is 18.8. The molecule has 0 aromatic heterocycles. The molecule has 2 nitrogen and oxygen atoms in total. The molecule has 2 heteroatoms.